The van der Waals surface area contributed by atoms with Gasteiger partial charge in [-0.25, -0.2) is 4.79 Å². The van der Waals surface area contributed by atoms with E-state index in [0.29, 0.717) is 22.7 Å². The molecular weight excluding hydrogens is 406 g/mol. The number of hydrogen-bond donors (Lipinski definition) is 3. The van der Waals surface area contributed by atoms with Crippen molar-refractivity contribution in [1.29, 1.82) is 0 Å². The summed E-state index contributed by atoms with van der Waals surface area (Å²) in [6, 6.07) is 19.2. The first-order valence-electron chi connectivity index (χ1n) is 10.4. The Labute approximate surface area is 185 Å². The smallest absolute Gasteiger partial charge is 0.319 e. The fourth-order valence-corrected chi connectivity index (χ4v) is 3.59. The van der Waals surface area contributed by atoms with Crippen LogP contribution in [0.5, 0.6) is 5.75 Å². The first-order valence-corrected chi connectivity index (χ1v) is 10.4. The van der Waals surface area contributed by atoms with Crippen LogP contribution in [0.15, 0.2) is 71.1 Å². The lowest BCUT2D eigenvalue weighted by Crippen LogP contribution is -2.48. The zero-order chi connectivity index (χ0) is 22.7. The Morgan fingerprint density at radius 2 is 1.59 bits per heavy atom. The summed E-state index contributed by atoms with van der Waals surface area (Å²) in [5, 5.41) is 10.2. The van der Waals surface area contributed by atoms with Crippen molar-refractivity contribution in [3.05, 3.63) is 66.7 Å². The summed E-state index contributed by atoms with van der Waals surface area (Å²) in [5.74, 6) is 0.0167. The summed E-state index contributed by atoms with van der Waals surface area (Å²) < 4.78 is 11.4. The molecule has 0 spiro atoms. The summed E-state index contributed by atoms with van der Waals surface area (Å²) in [6.45, 7) is 3.74. The van der Waals surface area contributed by atoms with Crippen LogP contribution in [-0.4, -0.2) is 25.1 Å². The van der Waals surface area contributed by atoms with Crippen molar-refractivity contribution in [1.82, 2.24) is 5.32 Å². The number of methoxy groups -OCH3 is 1. The number of fused-ring (bicyclic) bond motifs is 3. The predicted molar refractivity (Wildman–Crippen MR) is 126 cm³/mol. The Morgan fingerprint density at radius 3 is 2.31 bits per heavy atom. The number of urea groups is 1. The van der Waals surface area contributed by atoms with Crippen LogP contribution < -0.4 is 20.7 Å². The van der Waals surface area contributed by atoms with E-state index >= 15 is 0 Å². The maximum atomic E-state index is 13.1. The minimum Gasteiger partial charge on any atom is -0.495 e. The predicted octanol–water partition coefficient (Wildman–Crippen LogP) is 5.38. The molecule has 0 aliphatic heterocycles. The molecule has 32 heavy (non-hydrogen) atoms. The van der Waals surface area contributed by atoms with Gasteiger partial charge in [-0.1, -0.05) is 50.2 Å². The highest BCUT2D eigenvalue weighted by Crippen LogP contribution is 2.36. The van der Waals surface area contributed by atoms with Gasteiger partial charge in [-0.3, -0.25) is 4.79 Å². The number of carbonyl (C=O) groups excluding carboxylic acids is 2. The number of ether oxygens (including phenoxy) is 1. The average molecular weight is 431 g/mol. The number of para-hydroxylation sites is 2. The Kier molecular flexibility index (Phi) is 5.98. The summed E-state index contributed by atoms with van der Waals surface area (Å²) >= 11 is 0. The van der Waals surface area contributed by atoms with Crippen LogP contribution in [0, 0.1) is 5.92 Å². The molecular formula is C25H25N3O4. The topological polar surface area (TPSA) is 92.6 Å². The van der Waals surface area contributed by atoms with Crippen LogP contribution in [0.2, 0.25) is 0 Å². The Morgan fingerprint density at radius 1 is 0.875 bits per heavy atom. The molecule has 4 aromatic rings. The van der Waals surface area contributed by atoms with Crippen molar-refractivity contribution >= 4 is 45.3 Å². The van der Waals surface area contributed by atoms with Gasteiger partial charge in [0, 0.05) is 22.5 Å². The zero-order valence-electron chi connectivity index (χ0n) is 18.1. The van der Waals surface area contributed by atoms with Crippen LogP contribution in [0.25, 0.3) is 21.9 Å². The van der Waals surface area contributed by atoms with Crippen molar-refractivity contribution < 1.29 is 18.7 Å². The van der Waals surface area contributed by atoms with Crippen LogP contribution in [0.4, 0.5) is 16.2 Å². The van der Waals surface area contributed by atoms with E-state index in [1.807, 2.05) is 62.4 Å². The van der Waals surface area contributed by atoms with Gasteiger partial charge >= 0.3 is 6.03 Å². The standard InChI is InChI=1S/C25H25N3O4/c1-15(2)23(28-25(30)26-16-9-5-4-6-10-16)24(29)27-19-14-21-18(13-22(19)31-3)17-11-7-8-12-20(17)32-21/h4-15,23H,1-3H3,(H,27,29)(H2,26,28,30). The maximum absolute atomic E-state index is 13.1. The third-order valence-corrected chi connectivity index (χ3v) is 5.22. The summed E-state index contributed by atoms with van der Waals surface area (Å²) in [5.41, 5.74) is 2.51. The molecule has 7 heteroatoms. The fourth-order valence-electron chi connectivity index (χ4n) is 3.59. The number of nitrogens with one attached hydrogen (secondary N) is 3. The Balaban J connectivity index is 1.56. The van der Waals surface area contributed by atoms with Crippen LogP contribution in [0.1, 0.15) is 13.8 Å². The molecule has 0 radical (unpaired) electrons. The molecule has 0 saturated carbocycles. The molecule has 0 aliphatic rings. The highest BCUT2D eigenvalue weighted by atomic mass is 16.5. The molecule has 3 aromatic carbocycles. The number of anilines is 2. The number of carbonyl (C=O) groups is 2. The van der Waals surface area contributed by atoms with Crippen LogP contribution >= 0.6 is 0 Å². The lowest BCUT2D eigenvalue weighted by Gasteiger charge is -2.22. The van der Waals surface area contributed by atoms with Gasteiger partial charge in [0.1, 0.15) is 23.0 Å². The quantitative estimate of drug-likeness (QED) is 0.382. The Bertz CT molecular complexity index is 1260. The third-order valence-electron chi connectivity index (χ3n) is 5.22. The molecule has 0 bridgehead atoms. The third kappa shape index (κ3) is 4.37. The average Bonchev–Trinajstić information content (AvgIpc) is 3.14. The minimum atomic E-state index is -0.755. The molecule has 0 saturated heterocycles. The molecule has 1 heterocycles. The van der Waals surface area contributed by atoms with Gasteiger partial charge in [-0.15, -0.1) is 0 Å². The zero-order valence-corrected chi connectivity index (χ0v) is 18.1. The van der Waals surface area contributed by atoms with E-state index in [2.05, 4.69) is 16.0 Å². The highest BCUT2D eigenvalue weighted by Gasteiger charge is 2.25. The molecule has 3 amide bonds. The normalized spacial score (nSPS) is 12.0. The Hall–Kier alpha value is -4.00. The van der Waals surface area contributed by atoms with E-state index in [0.717, 1.165) is 16.4 Å². The van der Waals surface area contributed by atoms with Gasteiger partial charge < -0.3 is 25.1 Å². The number of hydrogen-bond acceptors (Lipinski definition) is 4. The van der Waals surface area contributed by atoms with E-state index in [1.165, 1.54) is 0 Å². The SMILES string of the molecule is COc1cc2c(cc1NC(=O)C(NC(=O)Nc1ccccc1)C(C)C)oc1ccccc12. The highest BCUT2D eigenvalue weighted by molar-refractivity contribution is 6.08. The molecule has 0 fully saturated rings. The molecule has 4 rings (SSSR count). The van der Waals surface area contributed by atoms with Crippen molar-refractivity contribution in [3.8, 4) is 5.75 Å². The van der Waals surface area contributed by atoms with E-state index in [-0.39, 0.29) is 11.8 Å². The summed E-state index contributed by atoms with van der Waals surface area (Å²) in [7, 11) is 1.55. The molecule has 7 nitrogen and oxygen atoms in total. The number of amides is 3. The summed E-state index contributed by atoms with van der Waals surface area (Å²) in [4.78, 5) is 25.5. The van der Waals surface area contributed by atoms with Gasteiger partial charge in [0.25, 0.3) is 0 Å². The van der Waals surface area contributed by atoms with Crippen molar-refractivity contribution in [2.45, 2.75) is 19.9 Å². The van der Waals surface area contributed by atoms with Crippen molar-refractivity contribution in [2.75, 3.05) is 17.7 Å². The van der Waals surface area contributed by atoms with E-state index in [4.69, 9.17) is 9.15 Å². The number of rotatable bonds is 6. The monoisotopic (exact) mass is 431 g/mol. The molecule has 3 N–H and O–H groups in total. The second-order valence-electron chi connectivity index (χ2n) is 7.82. The van der Waals surface area contributed by atoms with Crippen LogP contribution in [0.3, 0.4) is 0 Å². The van der Waals surface area contributed by atoms with E-state index < -0.39 is 12.1 Å². The first kappa shape index (κ1) is 21.2. The molecule has 164 valence electrons. The lowest BCUT2D eigenvalue weighted by atomic mass is 10.0. The second-order valence-corrected chi connectivity index (χ2v) is 7.82. The number of furan rings is 1. The molecule has 1 aromatic heterocycles. The van der Waals surface area contributed by atoms with Gasteiger partial charge in [0.15, 0.2) is 0 Å². The van der Waals surface area contributed by atoms with E-state index in [9.17, 15) is 9.59 Å². The number of benzene rings is 3. The molecule has 1 atom stereocenters. The fraction of sp³-hybridized carbons (Fsp3) is 0.200. The first-order chi connectivity index (χ1) is 15.5. The largest absolute Gasteiger partial charge is 0.495 e. The second kappa shape index (κ2) is 9.01. The van der Waals surface area contributed by atoms with Gasteiger partial charge in [-0.05, 0) is 30.2 Å². The van der Waals surface area contributed by atoms with E-state index in [1.54, 1.807) is 25.3 Å². The van der Waals surface area contributed by atoms with Gasteiger partial charge in [0.05, 0.1) is 12.8 Å². The van der Waals surface area contributed by atoms with Crippen molar-refractivity contribution in [2.24, 2.45) is 5.92 Å². The maximum Gasteiger partial charge on any atom is 0.319 e. The molecule has 0 aliphatic carbocycles. The van der Waals surface area contributed by atoms with Gasteiger partial charge in [-0.2, -0.15) is 0 Å². The van der Waals surface area contributed by atoms with Crippen LogP contribution in [-0.2, 0) is 4.79 Å². The summed E-state index contributed by atoms with van der Waals surface area (Å²) in [6.07, 6.45) is 0. The minimum absolute atomic E-state index is 0.141. The van der Waals surface area contributed by atoms with Gasteiger partial charge in [0.2, 0.25) is 5.91 Å². The van der Waals surface area contributed by atoms with Crippen molar-refractivity contribution in [3.63, 3.8) is 0 Å². The molecule has 1 unspecified atom stereocenters. The lowest BCUT2D eigenvalue weighted by molar-refractivity contribution is -0.118.